The lowest BCUT2D eigenvalue weighted by Gasteiger charge is -2.14. The summed E-state index contributed by atoms with van der Waals surface area (Å²) in [5.41, 5.74) is 4.64. The van der Waals surface area contributed by atoms with Gasteiger partial charge in [0.15, 0.2) is 0 Å². The second-order valence-electron chi connectivity index (χ2n) is 5.76. The van der Waals surface area contributed by atoms with Crippen molar-refractivity contribution in [1.29, 1.82) is 0 Å². The Hall–Kier alpha value is -2.72. The lowest BCUT2D eigenvalue weighted by Crippen LogP contribution is -2.51. The minimum atomic E-state index is -3.82. The zero-order valence-corrected chi connectivity index (χ0v) is 15.0. The fraction of sp³-hybridized carbons (Fsp3) is 0.312. The van der Waals surface area contributed by atoms with Gasteiger partial charge in [0.05, 0.1) is 6.54 Å². The highest BCUT2D eigenvalue weighted by Gasteiger charge is 2.26. The van der Waals surface area contributed by atoms with Gasteiger partial charge in [-0.15, -0.1) is 0 Å². The molecular formula is C16H20N4O5S. The highest BCUT2D eigenvalue weighted by atomic mass is 32.2. The Morgan fingerprint density at radius 3 is 2.38 bits per heavy atom. The van der Waals surface area contributed by atoms with Crippen molar-refractivity contribution in [3.63, 3.8) is 0 Å². The van der Waals surface area contributed by atoms with E-state index in [9.17, 15) is 22.8 Å². The van der Waals surface area contributed by atoms with Gasteiger partial charge in [-0.1, -0.05) is 30.3 Å². The Balaban J connectivity index is 1.80. The molecule has 0 aliphatic heterocycles. The van der Waals surface area contributed by atoms with E-state index in [0.717, 1.165) is 22.6 Å². The normalized spacial score (nSPS) is 14.2. The minimum absolute atomic E-state index is 0.0108. The Kier molecular flexibility index (Phi) is 6.47. The van der Waals surface area contributed by atoms with E-state index in [4.69, 9.17) is 0 Å². The molecular weight excluding hydrogens is 360 g/mol. The minimum Gasteiger partial charge on any atom is -0.345 e. The van der Waals surface area contributed by atoms with E-state index in [1.807, 2.05) is 16.9 Å². The number of hydrazine groups is 1. The molecule has 26 heavy (non-hydrogen) atoms. The van der Waals surface area contributed by atoms with Crippen LogP contribution in [0.4, 0.5) is 0 Å². The van der Waals surface area contributed by atoms with E-state index in [1.54, 1.807) is 24.3 Å². The fourth-order valence-electron chi connectivity index (χ4n) is 1.83. The lowest BCUT2D eigenvalue weighted by molar-refractivity contribution is -0.141. The largest absolute Gasteiger partial charge is 0.345 e. The first-order valence-electron chi connectivity index (χ1n) is 7.87. The summed E-state index contributed by atoms with van der Waals surface area (Å²) in [4.78, 5) is 34.6. The number of sulfonamides is 1. The van der Waals surface area contributed by atoms with E-state index in [-0.39, 0.29) is 6.04 Å². The van der Waals surface area contributed by atoms with Crippen molar-refractivity contribution in [2.45, 2.75) is 18.9 Å². The number of carbonyl (C=O) groups excluding carboxylic acids is 3. The summed E-state index contributed by atoms with van der Waals surface area (Å²) in [6, 6.07) is 8.83. The predicted molar refractivity (Wildman–Crippen MR) is 94.5 cm³/mol. The average Bonchev–Trinajstić information content (AvgIpc) is 3.42. The molecule has 0 radical (unpaired) electrons. The summed E-state index contributed by atoms with van der Waals surface area (Å²) in [5.74, 6) is -2.64. The first kappa shape index (κ1) is 19.6. The average molecular weight is 380 g/mol. The lowest BCUT2D eigenvalue weighted by atomic mass is 10.2. The van der Waals surface area contributed by atoms with Crippen LogP contribution in [0.3, 0.4) is 0 Å². The van der Waals surface area contributed by atoms with Crippen LogP contribution in [-0.4, -0.2) is 50.1 Å². The molecule has 1 saturated carbocycles. The molecule has 3 N–H and O–H groups in total. The molecule has 0 atom stereocenters. The molecule has 0 aromatic heterocycles. The maximum Gasteiger partial charge on any atom is 0.327 e. The van der Waals surface area contributed by atoms with E-state index in [1.165, 1.54) is 13.1 Å². The zero-order chi connectivity index (χ0) is 19.2. The van der Waals surface area contributed by atoms with Gasteiger partial charge in [0.2, 0.25) is 10.0 Å². The number of amides is 3. The smallest absolute Gasteiger partial charge is 0.327 e. The van der Waals surface area contributed by atoms with Crippen LogP contribution in [0.5, 0.6) is 0 Å². The SMILES string of the molecule is CN(CC(=O)NNC(=O)C(=O)NC1CC1)S(=O)(=O)C=Cc1ccccc1. The van der Waals surface area contributed by atoms with Gasteiger partial charge in [0.25, 0.3) is 5.91 Å². The molecule has 0 spiro atoms. The van der Waals surface area contributed by atoms with Crippen molar-refractivity contribution in [3.05, 3.63) is 41.3 Å². The molecule has 10 heteroatoms. The number of hydrogen-bond donors (Lipinski definition) is 3. The maximum atomic E-state index is 12.1. The van der Waals surface area contributed by atoms with Gasteiger partial charge in [0.1, 0.15) is 0 Å². The summed E-state index contributed by atoms with van der Waals surface area (Å²) in [6.45, 7) is -0.522. The van der Waals surface area contributed by atoms with Gasteiger partial charge >= 0.3 is 11.8 Å². The highest BCUT2D eigenvalue weighted by Crippen LogP contribution is 2.18. The third kappa shape index (κ3) is 6.30. The molecule has 0 unspecified atom stereocenters. The van der Waals surface area contributed by atoms with Gasteiger partial charge in [0, 0.05) is 18.5 Å². The second-order valence-corrected chi connectivity index (χ2v) is 7.69. The molecule has 140 valence electrons. The Labute approximate surface area is 151 Å². The van der Waals surface area contributed by atoms with Gasteiger partial charge in [-0.3, -0.25) is 25.2 Å². The highest BCUT2D eigenvalue weighted by molar-refractivity contribution is 7.92. The van der Waals surface area contributed by atoms with E-state index >= 15 is 0 Å². The fourth-order valence-corrected chi connectivity index (χ4v) is 2.66. The number of benzene rings is 1. The van der Waals surface area contributed by atoms with Crippen molar-refractivity contribution in [2.75, 3.05) is 13.6 Å². The quantitative estimate of drug-likeness (QED) is 0.447. The molecule has 9 nitrogen and oxygen atoms in total. The molecule has 1 aliphatic carbocycles. The Bertz CT molecular complexity index is 803. The molecule has 1 aromatic rings. The molecule has 0 heterocycles. The molecule has 2 rings (SSSR count). The van der Waals surface area contributed by atoms with Crippen LogP contribution in [0.25, 0.3) is 6.08 Å². The first-order valence-corrected chi connectivity index (χ1v) is 9.37. The molecule has 0 bridgehead atoms. The van der Waals surface area contributed by atoms with E-state index < -0.39 is 34.3 Å². The maximum absolute atomic E-state index is 12.1. The topological polar surface area (TPSA) is 125 Å². The Morgan fingerprint density at radius 1 is 1.12 bits per heavy atom. The van der Waals surface area contributed by atoms with Crippen LogP contribution in [0.15, 0.2) is 35.7 Å². The van der Waals surface area contributed by atoms with Crippen molar-refractivity contribution in [1.82, 2.24) is 20.5 Å². The van der Waals surface area contributed by atoms with Crippen molar-refractivity contribution in [2.24, 2.45) is 0 Å². The van der Waals surface area contributed by atoms with Gasteiger partial charge < -0.3 is 5.32 Å². The van der Waals surface area contributed by atoms with Crippen LogP contribution in [0.1, 0.15) is 18.4 Å². The van der Waals surface area contributed by atoms with Crippen LogP contribution < -0.4 is 16.2 Å². The van der Waals surface area contributed by atoms with Gasteiger partial charge in [-0.05, 0) is 24.5 Å². The standard InChI is InChI=1S/C16H20N4O5S/c1-20(26(24,25)10-9-12-5-3-2-4-6-12)11-14(21)18-19-16(23)15(22)17-13-7-8-13/h2-6,9-10,13H,7-8,11H2,1H3,(H,17,22)(H,18,21)(H,19,23). The van der Waals surface area contributed by atoms with Crippen LogP contribution in [0, 0.1) is 0 Å². The Morgan fingerprint density at radius 2 is 1.77 bits per heavy atom. The van der Waals surface area contributed by atoms with Crippen LogP contribution in [0.2, 0.25) is 0 Å². The molecule has 1 aliphatic rings. The van der Waals surface area contributed by atoms with E-state index in [2.05, 4.69) is 5.32 Å². The van der Waals surface area contributed by atoms with E-state index in [0.29, 0.717) is 5.56 Å². The molecule has 1 aromatic carbocycles. The van der Waals surface area contributed by atoms with Gasteiger partial charge in [-0.25, -0.2) is 8.42 Å². The molecule has 1 fully saturated rings. The molecule has 0 saturated heterocycles. The monoisotopic (exact) mass is 380 g/mol. The van der Waals surface area contributed by atoms with Crippen LogP contribution in [-0.2, 0) is 24.4 Å². The summed E-state index contributed by atoms with van der Waals surface area (Å²) < 4.78 is 25.1. The number of hydrogen-bond acceptors (Lipinski definition) is 5. The van der Waals surface area contributed by atoms with Crippen molar-refractivity contribution >= 4 is 33.8 Å². The summed E-state index contributed by atoms with van der Waals surface area (Å²) in [5, 5.41) is 3.44. The third-order valence-corrected chi connectivity index (χ3v) is 4.94. The number of nitrogens with one attached hydrogen (secondary N) is 3. The zero-order valence-electron chi connectivity index (χ0n) is 14.1. The number of likely N-dealkylation sites (N-methyl/N-ethyl adjacent to an activating group) is 1. The first-order chi connectivity index (χ1) is 12.3. The summed E-state index contributed by atoms with van der Waals surface area (Å²) in [6.07, 6.45) is 3.06. The number of nitrogens with zero attached hydrogens (tertiary/aromatic N) is 1. The summed E-state index contributed by atoms with van der Waals surface area (Å²) >= 11 is 0. The third-order valence-electron chi connectivity index (χ3n) is 3.47. The van der Waals surface area contributed by atoms with Crippen molar-refractivity contribution < 1.29 is 22.8 Å². The second kappa shape index (κ2) is 8.59. The van der Waals surface area contributed by atoms with Gasteiger partial charge in [-0.2, -0.15) is 4.31 Å². The summed E-state index contributed by atoms with van der Waals surface area (Å²) in [7, 11) is -2.59. The van der Waals surface area contributed by atoms with Crippen LogP contribution >= 0.6 is 0 Å². The van der Waals surface area contributed by atoms with Crippen molar-refractivity contribution in [3.8, 4) is 0 Å². The molecule has 3 amide bonds. The predicted octanol–water partition coefficient (Wildman–Crippen LogP) is -0.655. The number of rotatable bonds is 6. The number of carbonyl (C=O) groups is 3.